The number of hydrogen-bond donors (Lipinski definition) is 3. The average molecular weight is 361 g/mol. The van der Waals surface area contributed by atoms with Crippen molar-refractivity contribution in [3.63, 3.8) is 0 Å². The summed E-state index contributed by atoms with van der Waals surface area (Å²) in [6, 6.07) is 7.46. The summed E-state index contributed by atoms with van der Waals surface area (Å²) in [7, 11) is 0. The van der Waals surface area contributed by atoms with E-state index in [1.54, 1.807) is 6.92 Å². The van der Waals surface area contributed by atoms with Crippen LogP contribution in [-0.2, 0) is 6.54 Å². The zero-order chi connectivity index (χ0) is 18.9. The number of hydrogen-bond acceptors (Lipinski definition) is 6. The van der Waals surface area contributed by atoms with Gasteiger partial charge in [0.05, 0.1) is 12.2 Å². The van der Waals surface area contributed by atoms with Crippen molar-refractivity contribution in [3.05, 3.63) is 41.5 Å². The lowest BCUT2D eigenvalue weighted by atomic mass is 10.1. The van der Waals surface area contributed by atoms with Crippen molar-refractivity contribution in [2.75, 3.05) is 13.1 Å². The van der Waals surface area contributed by atoms with Crippen molar-refractivity contribution in [2.24, 2.45) is 4.99 Å². The Morgan fingerprint density at radius 3 is 2.81 bits per heavy atom. The molecule has 1 aromatic carbocycles. The van der Waals surface area contributed by atoms with E-state index in [-0.39, 0.29) is 6.10 Å². The van der Waals surface area contributed by atoms with Gasteiger partial charge in [-0.3, -0.25) is 0 Å². The SMILES string of the molecule is CCNC(=NCc1noc(C)n1)NCC(O)c1cccc(OC(C)C)c1. The van der Waals surface area contributed by atoms with E-state index in [0.29, 0.717) is 37.3 Å². The number of aromatic nitrogens is 2. The Hall–Kier alpha value is -2.61. The summed E-state index contributed by atoms with van der Waals surface area (Å²) in [6.45, 7) is 8.94. The molecule has 0 radical (unpaired) electrons. The highest BCUT2D eigenvalue weighted by molar-refractivity contribution is 5.79. The first-order valence-corrected chi connectivity index (χ1v) is 8.74. The highest BCUT2D eigenvalue weighted by atomic mass is 16.5. The van der Waals surface area contributed by atoms with Crippen LogP contribution in [0.25, 0.3) is 0 Å². The molecule has 0 amide bonds. The Morgan fingerprint density at radius 2 is 2.15 bits per heavy atom. The highest BCUT2D eigenvalue weighted by Gasteiger charge is 2.10. The van der Waals surface area contributed by atoms with Crippen molar-refractivity contribution < 1.29 is 14.4 Å². The number of rotatable bonds is 8. The fourth-order valence-electron chi connectivity index (χ4n) is 2.28. The van der Waals surface area contributed by atoms with Gasteiger partial charge in [-0.1, -0.05) is 17.3 Å². The third kappa shape index (κ3) is 6.36. The third-order valence-electron chi connectivity index (χ3n) is 3.37. The van der Waals surface area contributed by atoms with Gasteiger partial charge in [0, 0.05) is 20.0 Å². The molecule has 0 saturated heterocycles. The van der Waals surface area contributed by atoms with Crippen LogP contribution in [0.15, 0.2) is 33.8 Å². The second kappa shape index (κ2) is 9.76. The topological polar surface area (TPSA) is 105 Å². The van der Waals surface area contributed by atoms with E-state index in [4.69, 9.17) is 9.26 Å². The minimum absolute atomic E-state index is 0.0850. The van der Waals surface area contributed by atoms with Crippen LogP contribution in [0.5, 0.6) is 5.75 Å². The predicted molar refractivity (Wildman–Crippen MR) is 99.0 cm³/mol. The summed E-state index contributed by atoms with van der Waals surface area (Å²) in [5.74, 6) is 2.33. The number of nitrogens with one attached hydrogen (secondary N) is 2. The quantitative estimate of drug-likeness (QED) is 0.487. The molecule has 0 saturated carbocycles. The molecule has 1 unspecified atom stereocenters. The van der Waals surface area contributed by atoms with Crippen LogP contribution < -0.4 is 15.4 Å². The lowest BCUT2D eigenvalue weighted by molar-refractivity contribution is 0.179. The molecule has 0 aliphatic heterocycles. The van der Waals surface area contributed by atoms with Crippen molar-refractivity contribution >= 4 is 5.96 Å². The minimum atomic E-state index is -0.693. The monoisotopic (exact) mass is 361 g/mol. The average Bonchev–Trinajstić information content (AvgIpc) is 3.02. The van der Waals surface area contributed by atoms with E-state index >= 15 is 0 Å². The molecule has 26 heavy (non-hydrogen) atoms. The molecule has 0 aliphatic rings. The number of aliphatic hydroxyl groups excluding tert-OH is 1. The maximum atomic E-state index is 10.4. The second-order valence-corrected chi connectivity index (χ2v) is 6.06. The van der Waals surface area contributed by atoms with Crippen LogP contribution in [-0.4, -0.2) is 40.4 Å². The van der Waals surface area contributed by atoms with Crippen LogP contribution in [0.1, 0.15) is 44.2 Å². The molecular weight excluding hydrogens is 334 g/mol. The summed E-state index contributed by atoms with van der Waals surface area (Å²) >= 11 is 0. The van der Waals surface area contributed by atoms with Crippen LogP contribution in [0.2, 0.25) is 0 Å². The van der Waals surface area contributed by atoms with Crippen LogP contribution >= 0.6 is 0 Å². The van der Waals surface area contributed by atoms with Gasteiger partial charge in [0.15, 0.2) is 11.8 Å². The number of nitrogens with zero attached hydrogens (tertiary/aromatic N) is 3. The Balaban J connectivity index is 1.94. The Morgan fingerprint density at radius 1 is 1.35 bits per heavy atom. The van der Waals surface area contributed by atoms with E-state index in [1.807, 2.05) is 45.0 Å². The lowest BCUT2D eigenvalue weighted by Crippen LogP contribution is -2.39. The number of benzene rings is 1. The molecule has 1 heterocycles. The minimum Gasteiger partial charge on any atom is -0.491 e. The van der Waals surface area contributed by atoms with Crippen LogP contribution in [0.4, 0.5) is 0 Å². The number of aliphatic hydroxyl groups is 1. The first kappa shape index (κ1) is 19.7. The molecule has 0 fully saturated rings. The van der Waals surface area contributed by atoms with Gasteiger partial charge < -0.3 is 25.0 Å². The van der Waals surface area contributed by atoms with Gasteiger partial charge >= 0.3 is 0 Å². The number of aliphatic imine (C=N–C) groups is 1. The van der Waals surface area contributed by atoms with Crippen molar-refractivity contribution in [2.45, 2.75) is 46.4 Å². The zero-order valence-electron chi connectivity index (χ0n) is 15.7. The summed E-state index contributed by atoms with van der Waals surface area (Å²) in [5.41, 5.74) is 0.778. The van der Waals surface area contributed by atoms with Gasteiger partial charge in [0.1, 0.15) is 12.3 Å². The van der Waals surface area contributed by atoms with E-state index in [9.17, 15) is 5.11 Å². The largest absolute Gasteiger partial charge is 0.491 e. The molecular formula is C18H27N5O3. The standard InChI is InChI=1S/C18H27N5O3/c1-5-19-18(21-11-17-22-13(4)26-23-17)20-10-16(24)14-7-6-8-15(9-14)25-12(2)3/h6-9,12,16,24H,5,10-11H2,1-4H3,(H2,19,20,21). The van der Waals surface area contributed by atoms with Gasteiger partial charge in [-0.15, -0.1) is 0 Å². The first-order chi connectivity index (χ1) is 12.5. The maximum absolute atomic E-state index is 10.4. The smallest absolute Gasteiger partial charge is 0.223 e. The van der Waals surface area contributed by atoms with Crippen LogP contribution in [0, 0.1) is 6.92 Å². The van der Waals surface area contributed by atoms with Crippen LogP contribution in [0.3, 0.4) is 0 Å². The molecule has 2 rings (SSSR count). The molecule has 142 valence electrons. The number of guanidine groups is 1. The molecule has 2 aromatic rings. The molecule has 3 N–H and O–H groups in total. The molecule has 0 aliphatic carbocycles. The highest BCUT2D eigenvalue weighted by Crippen LogP contribution is 2.19. The predicted octanol–water partition coefficient (Wildman–Crippen LogP) is 1.95. The van der Waals surface area contributed by atoms with Crippen molar-refractivity contribution in [1.82, 2.24) is 20.8 Å². The maximum Gasteiger partial charge on any atom is 0.223 e. The number of aryl methyl sites for hydroxylation is 1. The van der Waals surface area contributed by atoms with E-state index in [0.717, 1.165) is 11.3 Å². The molecule has 8 heteroatoms. The molecule has 1 atom stereocenters. The van der Waals surface area contributed by atoms with E-state index < -0.39 is 6.10 Å². The van der Waals surface area contributed by atoms with Crippen molar-refractivity contribution in [3.8, 4) is 5.75 Å². The summed E-state index contributed by atoms with van der Waals surface area (Å²) in [5, 5.41) is 20.5. The van der Waals surface area contributed by atoms with Gasteiger partial charge in [0.25, 0.3) is 0 Å². The summed E-state index contributed by atoms with van der Waals surface area (Å²) in [4.78, 5) is 8.51. The second-order valence-electron chi connectivity index (χ2n) is 6.06. The molecule has 0 bridgehead atoms. The van der Waals surface area contributed by atoms with E-state index in [1.165, 1.54) is 0 Å². The van der Waals surface area contributed by atoms with Gasteiger partial charge in [-0.25, -0.2) is 4.99 Å². The molecule has 0 spiro atoms. The zero-order valence-corrected chi connectivity index (χ0v) is 15.7. The summed E-state index contributed by atoms with van der Waals surface area (Å²) < 4.78 is 10.6. The first-order valence-electron chi connectivity index (χ1n) is 8.74. The third-order valence-corrected chi connectivity index (χ3v) is 3.37. The van der Waals surface area contributed by atoms with Crippen molar-refractivity contribution in [1.29, 1.82) is 0 Å². The fourth-order valence-corrected chi connectivity index (χ4v) is 2.28. The molecule has 8 nitrogen and oxygen atoms in total. The number of ether oxygens (including phenoxy) is 1. The van der Waals surface area contributed by atoms with Gasteiger partial charge in [0.2, 0.25) is 5.89 Å². The Labute approximate surface area is 153 Å². The molecule has 1 aromatic heterocycles. The normalized spacial score (nSPS) is 12.9. The Kier molecular flexibility index (Phi) is 7.40. The Bertz CT molecular complexity index is 714. The van der Waals surface area contributed by atoms with Gasteiger partial charge in [-0.05, 0) is 38.5 Å². The fraction of sp³-hybridized carbons (Fsp3) is 0.500. The van der Waals surface area contributed by atoms with E-state index in [2.05, 4.69) is 25.8 Å². The lowest BCUT2D eigenvalue weighted by Gasteiger charge is -2.17. The summed E-state index contributed by atoms with van der Waals surface area (Å²) in [6.07, 6.45) is -0.608. The van der Waals surface area contributed by atoms with Gasteiger partial charge in [-0.2, -0.15) is 4.98 Å².